The summed E-state index contributed by atoms with van der Waals surface area (Å²) in [5.41, 5.74) is 2.91. The first kappa shape index (κ1) is 17.2. The van der Waals surface area contributed by atoms with Crippen LogP contribution in [0.5, 0.6) is 5.75 Å². The number of rotatable bonds is 6. The molecule has 2 aromatic carbocycles. The molecule has 0 aliphatic heterocycles. The van der Waals surface area contributed by atoms with Gasteiger partial charge in [-0.2, -0.15) is 0 Å². The van der Waals surface area contributed by atoms with Crippen LogP contribution in [0, 0.1) is 6.92 Å². The average molecular weight is 401 g/mol. The van der Waals surface area contributed by atoms with E-state index in [4.69, 9.17) is 9.26 Å². The van der Waals surface area contributed by atoms with Crippen LogP contribution in [0.15, 0.2) is 63.6 Å². The van der Waals surface area contributed by atoms with Crippen LogP contribution < -0.4 is 10.1 Å². The van der Waals surface area contributed by atoms with Crippen molar-refractivity contribution in [1.29, 1.82) is 0 Å². The Kier molecular flexibility index (Phi) is 5.50. The van der Waals surface area contributed by atoms with Crippen molar-refractivity contribution in [3.05, 3.63) is 70.4 Å². The third kappa shape index (κ3) is 4.93. The number of ether oxygens (including phenoxy) is 1. The summed E-state index contributed by atoms with van der Waals surface area (Å²) in [6, 6.07) is 17.1. The number of halogens is 1. The minimum absolute atomic E-state index is 0.0550. The topological polar surface area (TPSA) is 64.4 Å². The van der Waals surface area contributed by atoms with Crippen molar-refractivity contribution in [3.8, 4) is 17.0 Å². The fraction of sp³-hybridized carbons (Fsp3) is 0.158. The quantitative estimate of drug-likeness (QED) is 0.675. The molecule has 128 valence electrons. The van der Waals surface area contributed by atoms with Crippen molar-refractivity contribution in [1.82, 2.24) is 10.5 Å². The van der Waals surface area contributed by atoms with E-state index in [1.54, 1.807) is 12.1 Å². The number of benzene rings is 2. The van der Waals surface area contributed by atoms with E-state index in [0.29, 0.717) is 11.5 Å². The van der Waals surface area contributed by atoms with Crippen LogP contribution in [-0.2, 0) is 11.3 Å². The molecular formula is C19H17BrN2O3. The summed E-state index contributed by atoms with van der Waals surface area (Å²) in [5, 5.41) is 6.78. The van der Waals surface area contributed by atoms with Gasteiger partial charge < -0.3 is 14.6 Å². The Labute approximate surface area is 154 Å². The molecule has 0 aliphatic carbocycles. The van der Waals surface area contributed by atoms with Gasteiger partial charge in [-0.05, 0) is 31.2 Å². The number of hydrogen-bond acceptors (Lipinski definition) is 4. The second-order valence-electron chi connectivity index (χ2n) is 5.56. The third-order valence-corrected chi connectivity index (χ3v) is 4.08. The minimum Gasteiger partial charge on any atom is -0.484 e. The maximum Gasteiger partial charge on any atom is 0.258 e. The molecule has 0 unspecified atom stereocenters. The highest BCUT2D eigenvalue weighted by Crippen LogP contribution is 2.19. The number of hydrogen-bond donors (Lipinski definition) is 1. The Morgan fingerprint density at radius 2 is 1.88 bits per heavy atom. The summed E-state index contributed by atoms with van der Waals surface area (Å²) in [7, 11) is 0. The number of nitrogens with one attached hydrogen (secondary N) is 1. The molecule has 1 amide bonds. The van der Waals surface area contributed by atoms with Crippen molar-refractivity contribution in [2.45, 2.75) is 13.5 Å². The Hall–Kier alpha value is -2.60. The van der Waals surface area contributed by atoms with Crippen molar-refractivity contribution in [3.63, 3.8) is 0 Å². The summed E-state index contributed by atoms with van der Waals surface area (Å²) >= 11 is 3.35. The van der Waals surface area contributed by atoms with Crippen LogP contribution in [-0.4, -0.2) is 17.7 Å². The monoisotopic (exact) mass is 400 g/mol. The molecule has 1 N–H and O–H groups in total. The molecule has 0 aliphatic rings. The standard InChI is InChI=1S/C19H17BrN2O3/c1-13-2-4-14(5-3-13)18-10-17(25-22-18)11-21-19(23)12-24-16-8-6-15(20)7-9-16/h2-10H,11-12H2,1H3,(H,21,23). The Balaban J connectivity index is 1.49. The Bertz CT molecular complexity index is 842. The zero-order valence-corrected chi connectivity index (χ0v) is 15.2. The number of aromatic nitrogens is 1. The largest absolute Gasteiger partial charge is 0.484 e. The normalized spacial score (nSPS) is 10.5. The van der Waals surface area contributed by atoms with Crippen molar-refractivity contribution < 1.29 is 14.1 Å². The first-order valence-electron chi connectivity index (χ1n) is 7.78. The van der Waals surface area contributed by atoms with E-state index in [1.807, 2.05) is 49.4 Å². The second-order valence-corrected chi connectivity index (χ2v) is 6.48. The number of nitrogens with zero attached hydrogens (tertiary/aromatic N) is 1. The molecule has 0 fully saturated rings. The van der Waals surface area contributed by atoms with Crippen LogP contribution in [0.2, 0.25) is 0 Å². The summed E-state index contributed by atoms with van der Waals surface area (Å²) in [4.78, 5) is 11.9. The van der Waals surface area contributed by atoms with Crippen molar-refractivity contribution in [2.24, 2.45) is 0 Å². The van der Waals surface area contributed by atoms with E-state index in [-0.39, 0.29) is 19.1 Å². The van der Waals surface area contributed by atoms with Crippen LogP contribution >= 0.6 is 15.9 Å². The van der Waals surface area contributed by atoms with Crippen LogP contribution in [0.25, 0.3) is 11.3 Å². The Morgan fingerprint density at radius 1 is 1.16 bits per heavy atom. The van der Waals surface area contributed by atoms with Gasteiger partial charge in [0, 0.05) is 16.1 Å². The third-order valence-electron chi connectivity index (χ3n) is 3.55. The molecular weight excluding hydrogens is 384 g/mol. The molecule has 3 aromatic rings. The van der Waals surface area contributed by atoms with Gasteiger partial charge in [0.25, 0.3) is 5.91 Å². The molecule has 25 heavy (non-hydrogen) atoms. The average Bonchev–Trinajstić information content (AvgIpc) is 3.09. The van der Waals surface area contributed by atoms with E-state index in [1.165, 1.54) is 5.56 Å². The molecule has 3 rings (SSSR count). The van der Waals surface area contributed by atoms with Gasteiger partial charge in [0.15, 0.2) is 12.4 Å². The van der Waals surface area contributed by atoms with Crippen molar-refractivity contribution >= 4 is 21.8 Å². The smallest absolute Gasteiger partial charge is 0.258 e. The number of amides is 1. The SMILES string of the molecule is Cc1ccc(-c2cc(CNC(=O)COc3ccc(Br)cc3)on2)cc1. The fourth-order valence-electron chi connectivity index (χ4n) is 2.17. The van der Waals surface area contributed by atoms with E-state index in [0.717, 1.165) is 15.7 Å². The first-order chi connectivity index (χ1) is 12.1. The van der Waals surface area contributed by atoms with Crippen LogP contribution in [0.4, 0.5) is 0 Å². The van der Waals surface area contributed by atoms with Gasteiger partial charge in [0.1, 0.15) is 11.4 Å². The molecule has 6 heteroatoms. The molecule has 0 atom stereocenters. The lowest BCUT2D eigenvalue weighted by Gasteiger charge is -2.06. The lowest BCUT2D eigenvalue weighted by molar-refractivity contribution is -0.123. The van der Waals surface area contributed by atoms with Crippen LogP contribution in [0.1, 0.15) is 11.3 Å². The lowest BCUT2D eigenvalue weighted by atomic mass is 10.1. The maximum absolute atomic E-state index is 11.9. The minimum atomic E-state index is -0.226. The molecule has 5 nitrogen and oxygen atoms in total. The highest BCUT2D eigenvalue weighted by molar-refractivity contribution is 9.10. The Morgan fingerprint density at radius 3 is 2.60 bits per heavy atom. The van der Waals surface area contributed by atoms with Crippen LogP contribution in [0.3, 0.4) is 0 Å². The van der Waals surface area contributed by atoms with Gasteiger partial charge in [0.05, 0.1) is 6.54 Å². The number of carbonyl (C=O) groups is 1. The molecule has 0 bridgehead atoms. The molecule has 0 radical (unpaired) electrons. The maximum atomic E-state index is 11.9. The van der Waals surface area contributed by atoms with Gasteiger partial charge in [-0.25, -0.2) is 0 Å². The fourth-order valence-corrected chi connectivity index (χ4v) is 2.44. The summed E-state index contributed by atoms with van der Waals surface area (Å²) in [5.74, 6) is 1.00. The lowest BCUT2D eigenvalue weighted by Crippen LogP contribution is -2.28. The van der Waals surface area contributed by atoms with Gasteiger partial charge in [-0.15, -0.1) is 0 Å². The molecule has 1 aromatic heterocycles. The summed E-state index contributed by atoms with van der Waals surface area (Å²) < 4.78 is 11.6. The van der Waals surface area contributed by atoms with Gasteiger partial charge in [0.2, 0.25) is 0 Å². The highest BCUT2D eigenvalue weighted by Gasteiger charge is 2.08. The zero-order valence-electron chi connectivity index (χ0n) is 13.7. The van der Waals surface area contributed by atoms with Gasteiger partial charge in [-0.1, -0.05) is 50.9 Å². The second kappa shape index (κ2) is 7.98. The summed E-state index contributed by atoms with van der Waals surface area (Å²) in [6.07, 6.45) is 0. The highest BCUT2D eigenvalue weighted by atomic mass is 79.9. The number of carbonyl (C=O) groups excluding carboxylic acids is 1. The molecule has 1 heterocycles. The molecule has 0 spiro atoms. The zero-order chi connectivity index (χ0) is 17.6. The van der Waals surface area contributed by atoms with E-state index in [2.05, 4.69) is 26.4 Å². The molecule has 0 saturated heterocycles. The molecule has 0 saturated carbocycles. The number of aryl methyl sites for hydroxylation is 1. The predicted molar refractivity (Wildman–Crippen MR) is 98.2 cm³/mol. The van der Waals surface area contributed by atoms with Crippen molar-refractivity contribution in [2.75, 3.05) is 6.61 Å². The van der Waals surface area contributed by atoms with Gasteiger partial charge in [-0.3, -0.25) is 4.79 Å². The van der Waals surface area contributed by atoms with E-state index in [9.17, 15) is 4.79 Å². The van der Waals surface area contributed by atoms with Gasteiger partial charge >= 0.3 is 0 Å². The van der Waals surface area contributed by atoms with E-state index >= 15 is 0 Å². The van der Waals surface area contributed by atoms with E-state index < -0.39 is 0 Å². The first-order valence-corrected chi connectivity index (χ1v) is 8.57. The summed E-state index contributed by atoms with van der Waals surface area (Å²) in [6.45, 7) is 2.24. The predicted octanol–water partition coefficient (Wildman–Crippen LogP) is 4.11.